The van der Waals surface area contributed by atoms with Gasteiger partial charge in [0.15, 0.2) is 11.6 Å². The SMILES string of the molecule is CC(C)n1nnnc1CN1CCCC1CC(=O)c1cnn(C)c1. The molecule has 0 aromatic carbocycles. The van der Waals surface area contributed by atoms with Gasteiger partial charge < -0.3 is 0 Å². The standard InChI is InChI=1S/C15H23N7O/c1-11(2)22-15(17-18-19-22)10-21-6-4-5-13(21)7-14(23)12-8-16-20(3)9-12/h8-9,11,13H,4-7,10H2,1-3H3. The van der Waals surface area contributed by atoms with Crippen molar-refractivity contribution < 1.29 is 4.79 Å². The molecule has 8 heteroatoms. The maximum absolute atomic E-state index is 12.4. The lowest BCUT2D eigenvalue weighted by molar-refractivity contribution is 0.0936. The maximum atomic E-state index is 12.4. The lowest BCUT2D eigenvalue weighted by Crippen LogP contribution is -2.32. The average molecular weight is 317 g/mol. The monoisotopic (exact) mass is 317 g/mol. The van der Waals surface area contributed by atoms with Crippen molar-refractivity contribution in [2.75, 3.05) is 6.54 Å². The van der Waals surface area contributed by atoms with Crippen molar-refractivity contribution in [2.45, 2.75) is 51.7 Å². The minimum Gasteiger partial charge on any atom is -0.294 e. The number of tetrazole rings is 1. The predicted octanol–water partition coefficient (Wildman–Crippen LogP) is 1.22. The molecule has 8 nitrogen and oxygen atoms in total. The number of nitrogens with zero attached hydrogens (tertiary/aromatic N) is 7. The molecule has 1 aliphatic heterocycles. The second-order valence-corrected chi connectivity index (χ2v) is 6.43. The summed E-state index contributed by atoms with van der Waals surface area (Å²) >= 11 is 0. The summed E-state index contributed by atoms with van der Waals surface area (Å²) in [6.07, 6.45) is 6.08. The topological polar surface area (TPSA) is 81.7 Å². The number of aromatic nitrogens is 6. The minimum atomic E-state index is 0.151. The van der Waals surface area contributed by atoms with Gasteiger partial charge >= 0.3 is 0 Å². The zero-order chi connectivity index (χ0) is 16.4. The highest BCUT2D eigenvalue weighted by molar-refractivity contribution is 5.96. The zero-order valence-electron chi connectivity index (χ0n) is 13.9. The molecule has 1 unspecified atom stereocenters. The van der Waals surface area contributed by atoms with Crippen LogP contribution < -0.4 is 0 Å². The second kappa shape index (κ2) is 6.57. The normalized spacial score (nSPS) is 18.9. The number of hydrogen-bond acceptors (Lipinski definition) is 6. The lowest BCUT2D eigenvalue weighted by Gasteiger charge is -2.23. The third-order valence-electron chi connectivity index (χ3n) is 4.34. The molecule has 23 heavy (non-hydrogen) atoms. The highest BCUT2D eigenvalue weighted by Crippen LogP contribution is 2.23. The van der Waals surface area contributed by atoms with Crippen molar-refractivity contribution in [1.82, 2.24) is 34.9 Å². The molecule has 0 saturated carbocycles. The highest BCUT2D eigenvalue weighted by Gasteiger charge is 2.29. The van der Waals surface area contributed by atoms with Gasteiger partial charge in [0.1, 0.15) is 0 Å². The third-order valence-corrected chi connectivity index (χ3v) is 4.34. The summed E-state index contributed by atoms with van der Waals surface area (Å²) in [5, 5.41) is 16.0. The number of likely N-dealkylation sites (tertiary alicyclic amines) is 1. The van der Waals surface area contributed by atoms with Crippen LogP contribution in [-0.2, 0) is 13.6 Å². The Morgan fingerprint density at radius 3 is 2.96 bits per heavy atom. The molecule has 1 fully saturated rings. The van der Waals surface area contributed by atoms with E-state index in [1.54, 1.807) is 17.1 Å². The molecule has 0 spiro atoms. The van der Waals surface area contributed by atoms with Gasteiger partial charge in [0.2, 0.25) is 0 Å². The van der Waals surface area contributed by atoms with Crippen molar-refractivity contribution in [3.05, 3.63) is 23.8 Å². The van der Waals surface area contributed by atoms with Crippen LogP contribution in [0.1, 0.15) is 55.3 Å². The molecule has 3 heterocycles. The Morgan fingerprint density at radius 2 is 2.26 bits per heavy atom. The van der Waals surface area contributed by atoms with Crippen molar-refractivity contribution in [3.63, 3.8) is 0 Å². The number of rotatable bonds is 6. The van der Waals surface area contributed by atoms with Crippen LogP contribution in [0.15, 0.2) is 12.4 Å². The van der Waals surface area contributed by atoms with Gasteiger partial charge in [-0.25, -0.2) is 4.68 Å². The summed E-state index contributed by atoms with van der Waals surface area (Å²) in [7, 11) is 1.82. The molecule has 0 amide bonds. The van der Waals surface area contributed by atoms with Gasteiger partial charge in [-0.1, -0.05) is 0 Å². The van der Waals surface area contributed by atoms with Gasteiger partial charge in [-0.3, -0.25) is 14.4 Å². The van der Waals surface area contributed by atoms with Crippen LogP contribution in [0, 0.1) is 0 Å². The molecule has 3 rings (SSSR count). The van der Waals surface area contributed by atoms with E-state index in [9.17, 15) is 4.79 Å². The van der Waals surface area contributed by atoms with Crippen molar-refractivity contribution in [1.29, 1.82) is 0 Å². The Hall–Kier alpha value is -2.09. The molecule has 2 aromatic rings. The highest BCUT2D eigenvalue weighted by atomic mass is 16.1. The average Bonchev–Trinajstić information content (AvgIpc) is 3.21. The molecule has 0 radical (unpaired) electrons. The molecule has 2 aromatic heterocycles. The third kappa shape index (κ3) is 3.47. The van der Waals surface area contributed by atoms with Gasteiger partial charge in [-0.05, 0) is 43.7 Å². The quantitative estimate of drug-likeness (QED) is 0.745. The van der Waals surface area contributed by atoms with Gasteiger partial charge in [0, 0.05) is 25.7 Å². The Balaban J connectivity index is 1.66. The van der Waals surface area contributed by atoms with Gasteiger partial charge in [0.25, 0.3) is 0 Å². The number of carbonyl (C=O) groups excluding carboxylic acids is 1. The molecule has 1 aliphatic rings. The van der Waals surface area contributed by atoms with Crippen LogP contribution in [0.25, 0.3) is 0 Å². The van der Waals surface area contributed by atoms with E-state index in [0.717, 1.165) is 25.2 Å². The molecular weight excluding hydrogens is 294 g/mol. The fraction of sp³-hybridized carbons (Fsp3) is 0.667. The number of ketones is 1. The lowest BCUT2D eigenvalue weighted by atomic mass is 10.0. The maximum Gasteiger partial charge on any atom is 0.167 e. The summed E-state index contributed by atoms with van der Waals surface area (Å²) in [4.78, 5) is 14.7. The van der Waals surface area contributed by atoms with Crippen LogP contribution in [0.5, 0.6) is 0 Å². The summed E-state index contributed by atoms with van der Waals surface area (Å²) < 4.78 is 3.51. The van der Waals surface area contributed by atoms with Gasteiger partial charge in [0.05, 0.1) is 24.3 Å². The number of Topliss-reactive ketones (excluding diaryl/α,β-unsaturated/α-hetero) is 1. The van der Waals surface area contributed by atoms with Crippen LogP contribution in [-0.4, -0.2) is 53.3 Å². The van der Waals surface area contributed by atoms with E-state index < -0.39 is 0 Å². The van der Waals surface area contributed by atoms with Crippen LogP contribution in [0.4, 0.5) is 0 Å². The van der Waals surface area contributed by atoms with Crippen molar-refractivity contribution in [2.24, 2.45) is 7.05 Å². The first-order valence-electron chi connectivity index (χ1n) is 8.07. The minimum absolute atomic E-state index is 0.151. The summed E-state index contributed by atoms with van der Waals surface area (Å²) in [5.41, 5.74) is 0.686. The molecule has 124 valence electrons. The van der Waals surface area contributed by atoms with E-state index in [1.807, 2.05) is 11.7 Å². The molecule has 0 N–H and O–H groups in total. The van der Waals surface area contributed by atoms with Crippen molar-refractivity contribution in [3.8, 4) is 0 Å². The first kappa shape index (κ1) is 15.8. The van der Waals surface area contributed by atoms with Crippen LogP contribution in [0.2, 0.25) is 0 Å². The fourth-order valence-corrected chi connectivity index (χ4v) is 3.13. The van der Waals surface area contributed by atoms with E-state index in [1.165, 1.54) is 0 Å². The molecule has 1 saturated heterocycles. The van der Waals surface area contributed by atoms with E-state index in [4.69, 9.17) is 0 Å². The Kier molecular flexibility index (Phi) is 4.51. The van der Waals surface area contributed by atoms with E-state index >= 15 is 0 Å². The Labute approximate surface area is 135 Å². The summed E-state index contributed by atoms with van der Waals surface area (Å²) in [5.74, 6) is 1.01. The second-order valence-electron chi connectivity index (χ2n) is 6.43. The molecule has 1 atom stereocenters. The Bertz CT molecular complexity index is 675. The first-order valence-corrected chi connectivity index (χ1v) is 8.07. The fourth-order valence-electron chi connectivity index (χ4n) is 3.13. The van der Waals surface area contributed by atoms with Crippen LogP contribution >= 0.6 is 0 Å². The number of aryl methyl sites for hydroxylation is 1. The van der Waals surface area contributed by atoms with E-state index in [0.29, 0.717) is 18.5 Å². The van der Waals surface area contributed by atoms with Crippen LogP contribution in [0.3, 0.4) is 0 Å². The molecular formula is C15H23N7O. The zero-order valence-corrected chi connectivity index (χ0v) is 13.9. The van der Waals surface area contributed by atoms with Gasteiger partial charge in [-0.2, -0.15) is 5.10 Å². The van der Waals surface area contributed by atoms with E-state index in [2.05, 4.69) is 39.4 Å². The molecule has 0 aliphatic carbocycles. The largest absolute Gasteiger partial charge is 0.294 e. The smallest absolute Gasteiger partial charge is 0.167 e. The number of carbonyl (C=O) groups is 1. The van der Waals surface area contributed by atoms with Crippen molar-refractivity contribution >= 4 is 5.78 Å². The number of hydrogen-bond donors (Lipinski definition) is 0. The first-order chi connectivity index (χ1) is 11.0. The predicted molar refractivity (Wildman–Crippen MR) is 83.8 cm³/mol. The van der Waals surface area contributed by atoms with E-state index in [-0.39, 0.29) is 17.9 Å². The van der Waals surface area contributed by atoms with Gasteiger partial charge in [-0.15, -0.1) is 5.10 Å². The molecule has 0 bridgehead atoms. The summed E-state index contributed by atoms with van der Waals surface area (Å²) in [6.45, 7) is 5.80. The summed E-state index contributed by atoms with van der Waals surface area (Å²) in [6, 6.07) is 0.484. The Morgan fingerprint density at radius 1 is 1.43 bits per heavy atom.